The van der Waals surface area contributed by atoms with E-state index in [1.807, 2.05) is 6.92 Å². The van der Waals surface area contributed by atoms with E-state index < -0.39 is 34.6 Å². The molecule has 0 saturated carbocycles. The van der Waals surface area contributed by atoms with Crippen molar-refractivity contribution < 1.29 is 22.0 Å². The van der Waals surface area contributed by atoms with Crippen LogP contribution in [0.3, 0.4) is 0 Å². The molecule has 0 aliphatic carbocycles. The van der Waals surface area contributed by atoms with Gasteiger partial charge in [-0.2, -0.15) is 0 Å². The van der Waals surface area contributed by atoms with Crippen LogP contribution in [0.25, 0.3) is 6.08 Å². The fourth-order valence-electron chi connectivity index (χ4n) is 1.37. The zero-order valence-electron chi connectivity index (χ0n) is 9.88. The second-order valence-corrected chi connectivity index (χ2v) is 3.75. The molecule has 0 atom stereocenters. The molecule has 0 aromatic heterocycles. The quantitative estimate of drug-likeness (QED) is 0.500. The van der Waals surface area contributed by atoms with Crippen LogP contribution < -0.4 is 5.32 Å². The Balaban J connectivity index is 3.25. The van der Waals surface area contributed by atoms with Crippen molar-refractivity contribution in [3.8, 4) is 0 Å². The van der Waals surface area contributed by atoms with Crippen molar-refractivity contribution in [2.45, 2.75) is 13.8 Å². The molecule has 18 heavy (non-hydrogen) atoms. The summed E-state index contributed by atoms with van der Waals surface area (Å²) in [5, 5.41) is 2.87. The van der Waals surface area contributed by atoms with Crippen LogP contribution in [0.4, 0.5) is 22.0 Å². The molecule has 6 heteroatoms. The molecule has 1 aromatic carbocycles. The van der Waals surface area contributed by atoms with E-state index in [2.05, 4.69) is 5.32 Å². The van der Waals surface area contributed by atoms with Gasteiger partial charge in [0, 0.05) is 6.54 Å². The second kappa shape index (κ2) is 5.95. The molecule has 1 nitrogen and oxygen atoms in total. The first-order chi connectivity index (χ1) is 8.40. The minimum atomic E-state index is -2.15. The lowest BCUT2D eigenvalue weighted by molar-refractivity contribution is 0.377. The van der Waals surface area contributed by atoms with Crippen molar-refractivity contribution in [1.29, 1.82) is 0 Å². The Morgan fingerprint density at radius 2 is 1.39 bits per heavy atom. The fraction of sp³-hybridized carbons (Fsp3) is 0.333. The largest absolute Gasteiger partial charge is 0.313 e. The first kappa shape index (κ1) is 14.6. The van der Waals surface area contributed by atoms with Gasteiger partial charge in [-0.05, 0) is 19.5 Å². The third kappa shape index (κ3) is 2.87. The van der Waals surface area contributed by atoms with Crippen molar-refractivity contribution in [2.75, 3.05) is 13.1 Å². The Morgan fingerprint density at radius 1 is 0.944 bits per heavy atom. The first-order valence-electron chi connectivity index (χ1n) is 5.29. The lowest BCUT2D eigenvalue weighted by Crippen LogP contribution is -2.15. The molecule has 100 valence electrons. The lowest BCUT2D eigenvalue weighted by Gasteiger charge is -2.06. The van der Waals surface area contributed by atoms with Gasteiger partial charge in [-0.3, -0.25) is 0 Å². The van der Waals surface area contributed by atoms with Gasteiger partial charge in [-0.15, -0.1) is 0 Å². The van der Waals surface area contributed by atoms with Crippen LogP contribution in [-0.2, 0) is 0 Å². The topological polar surface area (TPSA) is 12.0 Å². The third-order valence-corrected chi connectivity index (χ3v) is 2.29. The highest BCUT2D eigenvalue weighted by molar-refractivity contribution is 5.54. The SMILES string of the molecule is CCNCC(C)=Cc1c(F)c(F)c(F)c(F)c1F. The van der Waals surface area contributed by atoms with E-state index in [0.29, 0.717) is 18.7 Å². The number of hydrogen-bond acceptors (Lipinski definition) is 1. The summed E-state index contributed by atoms with van der Waals surface area (Å²) in [4.78, 5) is 0. The van der Waals surface area contributed by atoms with Gasteiger partial charge < -0.3 is 5.32 Å². The van der Waals surface area contributed by atoms with Crippen molar-refractivity contribution in [3.05, 3.63) is 40.2 Å². The van der Waals surface area contributed by atoms with Crippen molar-refractivity contribution in [1.82, 2.24) is 5.32 Å². The number of hydrogen-bond donors (Lipinski definition) is 1. The lowest BCUT2D eigenvalue weighted by atomic mass is 10.1. The van der Waals surface area contributed by atoms with Crippen LogP contribution in [0.15, 0.2) is 5.57 Å². The molecule has 1 rings (SSSR count). The van der Waals surface area contributed by atoms with Gasteiger partial charge in [0.25, 0.3) is 0 Å². The highest BCUT2D eigenvalue weighted by Crippen LogP contribution is 2.24. The predicted molar refractivity (Wildman–Crippen MR) is 58.4 cm³/mol. The van der Waals surface area contributed by atoms with E-state index in [9.17, 15) is 22.0 Å². The molecule has 0 heterocycles. The van der Waals surface area contributed by atoms with E-state index in [-0.39, 0.29) is 0 Å². The molecule has 1 N–H and O–H groups in total. The number of benzene rings is 1. The smallest absolute Gasteiger partial charge is 0.200 e. The van der Waals surface area contributed by atoms with Crippen LogP contribution in [0.1, 0.15) is 19.4 Å². The fourth-order valence-corrected chi connectivity index (χ4v) is 1.37. The molecule has 0 bridgehead atoms. The van der Waals surface area contributed by atoms with Crippen LogP contribution in [0.5, 0.6) is 0 Å². The molecular formula is C12H12F5N. The summed E-state index contributed by atoms with van der Waals surface area (Å²) >= 11 is 0. The third-order valence-electron chi connectivity index (χ3n) is 2.29. The maximum absolute atomic E-state index is 13.3. The zero-order valence-corrected chi connectivity index (χ0v) is 9.88. The van der Waals surface area contributed by atoms with Gasteiger partial charge in [0.2, 0.25) is 5.82 Å². The van der Waals surface area contributed by atoms with E-state index in [1.165, 1.54) is 6.92 Å². The van der Waals surface area contributed by atoms with E-state index >= 15 is 0 Å². The van der Waals surface area contributed by atoms with Gasteiger partial charge in [-0.1, -0.05) is 12.5 Å². The highest BCUT2D eigenvalue weighted by atomic mass is 19.2. The predicted octanol–water partition coefficient (Wildman–Crippen LogP) is 3.39. The maximum atomic E-state index is 13.3. The molecule has 0 saturated heterocycles. The molecule has 0 fully saturated rings. The summed E-state index contributed by atoms with van der Waals surface area (Å²) in [6.45, 7) is 4.28. The normalized spacial score (nSPS) is 12.1. The van der Waals surface area contributed by atoms with Crippen LogP contribution in [-0.4, -0.2) is 13.1 Å². The van der Waals surface area contributed by atoms with E-state index in [0.717, 1.165) is 6.08 Å². The first-order valence-corrected chi connectivity index (χ1v) is 5.29. The summed E-state index contributed by atoms with van der Waals surface area (Å²) in [6, 6.07) is 0. The highest BCUT2D eigenvalue weighted by Gasteiger charge is 2.24. The Labute approximate surface area is 101 Å². The summed E-state index contributed by atoms with van der Waals surface area (Å²) in [5.41, 5.74) is -0.457. The van der Waals surface area contributed by atoms with Gasteiger partial charge in [0.05, 0.1) is 5.56 Å². The molecule has 0 aliphatic heterocycles. The van der Waals surface area contributed by atoms with Crippen LogP contribution in [0.2, 0.25) is 0 Å². The Bertz CT molecular complexity index is 453. The van der Waals surface area contributed by atoms with Gasteiger partial charge in [-0.25, -0.2) is 22.0 Å². The number of rotatable bonds is 4. The van der Waals surface area contributed by atoms with Gasteiger partial charge >= 0.3 is 0 Å². The Kier molecular flexibility index (Phi) is 4.84. The summed E-state index contributed by atoms with van der Waals surface area (Å²) in [5.74, 6) is -9.65. The van der Waals surface area contributed by atoms with E-state index in [1.54, 1.807) is 0 Å². The van der Waals surface area contributed by atoms with Crippen molar-refractivity contribution >= 4 is 6.08 Å². The maximum Gasteiger partial charge on any atom is 0.200 e. The minimum Gasteiger partial charge on any atom is -0.313 e. The molecule has 0 radical (unpaired) electrons. The average molecular weight is 265 g/mol. The Morgan fingerprint density at radius 3 is 1.83 bits per heavy atom. The number of nitrogens with one attached hydrogen (secondary N) is 1. The molecular weight excluding hydrogens is 253 g/mol. The summed E-state index contributed by atoms with van der Waals surface area (Å²) in [6.07, 6.45) is 0.943. The standard InChI is InChI=1S/C12H12F5N/c1-3-18-5-6(2)4-7-8(13)10(15)12(17)11(16)9(7)14/h4,18H,3,5H2,1-2H3. The van der Waals surface area contributed by atoms with Crippen LogP contribution in [0, 0.1) is 29.1 Å². The minimum absolute atomic E-state index is 0.302. The Hall–Kier alpha value is -1.43. The number of likely N-dealkylation sites (N-methyl/N-ethyl adjacent to an activating group) is 1. The summed E-state index contributed by atoms with van der Waals surface area (Å²) in [7, 11) is 0. The molecule has 0 aliphatic rings. The van der Waals surface area contributed by atoms with Crippen molar-refractivity contribution in [2.24, 2.45) is 0 Å². The van der Waals surface area contributed by atoms with Crippen LogP contribution >= 0.6 is 0 Å². The second-order valence-electron chi connectivity index (χ2n) is 3.75. The molecule has 0 spiro atoms. The molecule has 0 unspecified atom stereocenters. The molecule has 1 aromatic rings. The summed E-state index contributed by atoms with van der Waals surface area (Å²) < 4.78 is 65.2. The zero-order chi connectivity index (χ0) is 13.9. The average Bonchev–Trinajstić information content (AvgIpc) is 2.36. The van der Waals surface area contributed by atoms with Crippen molar-refractivity contribution in [3.63, 3.8) is 0 Å². The number of halogens is 5. The van der Waals surface area contributed by atoms with Gasteiger partial charge in [0.15, 0.2) is 23.3 Å². The monoisotopic (exact) mass is 265 g/mol. The molecule has 0 amide bonds. The van der Waals surface area contributed by atoms with E-state index in [4.69, 9.17) is 0 Å². The van der Waals surface area contributed by atoms with Gasteiger partial charge in [0.1, 0.15) is 0 Å².